The number of aliphatic carboxylic acids is 1. The second-order valence-corrected chi connectivity index (χ2v) is 4.80. The zero-order chi connectivity index (χ0) is 12.9. The summed E-state index contributed by atoms with van der Waals surface area (Å²) in [6, 6.07) is 0. The highest BCUT2D eigenvalue weighted by Gasteiger charge is 2.49. The molecule has 0 aromatic carbocycles. The third kappa shape index (κ3) is 1.46. The topological polar surface area (TPSA) is 88.3 Å². The van der Waals surface area contributed by atoms with Crippen LogP contribution in [0, 0.1) is 0 Å². The van der Waals surface area contributed by atoms with Gasteiger partial charge in [-0.2, -0.15) is 5.10 Å². The van der Waals surface area contributed by atoms with E-state index in [9.17, 15) is 9.59 Å². The third-order valence-electron chi connectivity index (χ3n) is 2.66. The second-order valence-electron chi connectivity index (χ2n) is 3.85. The lowest BCUT2D eigenvalue weighted by atomic mass is 10.0. The van der Waals surface area contributed by atoms with Gasteiger partial charge in [0.05, 0.1) is 5.57 Å². The minimum Gasteiger partial charge on any atom is -0.477 e. The Balaban J connectivity index is 1.86. The maximum atomic E-state index is 11.8. The molecule has 8 heteroatoms. The van der Waals surface area contributed by atoms with Crippen molar-refractivity contribution in [2.45, 2.75) is 5.37 Å². The Bertz CT molecular complexity index is 618. The van der Waals surface area contributed by atoms with Gasteiger partial charge in [-0.1, -0.05) is 0 Å². The van der Waals surface area contributed by atoms with Crippen molar-refractivity contribution in [1.82, 2.24) is 19.7 Å². The van der Waals surface area contributed by atoms with Gasteiger partial charge >= 0.3 is 5.97 Å². The Morgan fingerprint density at radius 2 is 2.39 bits per heavy atom. The lowest BCUT2D eigenvalue weighted by molar-refractivity contribution is -0.141. The average Bonchev–Trinajstić information content (AvgIpc) is 2.89. The van der Waals surface area contributed by atoms with Crippen molar-refractivity contribution in [2.75, 3.05) is 0 Å². The van der Waals surface area contributed by atoms with Crippen LogP contribution in [0.5, 0.6) is 0 Å². The summed E-state index contributed by atoms with van der Waals surface area (Å²) in [6.45, 7) is 0. The van der Waals surface area contributed by atoms with E-state index in [-0.39, 0.29) is 17.0 Å². The summed E-state index contributed by atoms with van der Waals surface area (Å²) in [7, 11) is 1.73. The number of carbonyl (C=O) groups excluding carboxylic acids is 1. The fourth-order valence-corrected chi connectivity index (χ4v) is 2.95. The van der Waals surface area contributed by atoms with Crippen molar-refractivity contribution < 1.29 is 14.7 Å². The molecule has 18 heavy (non-hydrogen) atoms. The molecule has 1 amide bonds. The summed E-state index contributed by atoms with van der Waals surface area (Å²) in [5.74, 6) is -0.940. The van der Waals surface area contributed by atoms with Crippen molar-refractivity contribution in [2.24, 2.45) is 7.05 Å². The first-order chi connectivity index (χ1) is 8.58. The van der Waals surface area contributed by atoms with Gasteiger partial charge in [0.15, 0.2) is 5.82 Å². The monoisotopic (exact) mass is 264 g/mol. The maximum absolute atomic E-state index is 11.8. The predicted octanol–water partition coefficient (Wildman–Crippen LogP) is 0.0396. The van der Waals surface area contributed by atoms with E-state index in [2.05, 4.69) is 10.1 Å². The lowest BCUT2D eigenvalue weighted by Crippen LogP contribution is -2.51. The minimum absolute atomic E-state index is 0.0288. The molecule has 92 valence electrons. The fraction of sp³-hybridized carbons (Fsp3) is 0.200. The maximum Gasteiger partial charge on any atom is 0.353 e. The SMILES string of the molecule is Cn1cnc(/C=C2/C(=O)N3C(C(=O)O)=CS[C@@H]23)n1. The number of carboxylic acid groups (broad SMARTS) is 1. The summed E-state index contributed by atoms with van der Waals surface area (Å²) >= 11 is 1.30. The van der Waals surface area contributed by atoms with Crippen LogP contribution < -0.4 is 0 Å². The number of carboxylic acids is 1. The Labute approximate surface area is 106 Å². The first kappa shape index (κ1) is 11.0. The molecule has 1 fully saturated rings. The molecule has 2 aliphatic heterocycles. The summed E-state index contributed by atoms with van der Waals surface area (Å²) < 4.78 is 1.54. The summed E-state index contributed by atoms with van der Waals surface area (Å²) in [5, 5.41) is 14.2. The number of hydrogen-bond acceptors (Lipinski definition) is 5. The zero-order valence-corrected chi connectivity index (χ0v) is 10.1. The second kappa shape index (κ2) is 3.70. The summed E-state index contributed by atoms with van der Waals surface area (Å²) in [6.07, 6.45) is 3.13. The molecular weight excluding hydrogens is 256 g/mol. The Hall–Kier alpha value is -2.09. The number of amides is 1. The quantitative estimate of drug-likeness (QED) is 0.599. The van der Waals surface area contributed by atoms with Crippen LogP contribution in [0.2, 0.25) is 0 Å². The molecule has 7 nitrogen and oxygen atoms in total. The highest BCUT2D eigenvalue weighted by Crippen LogP contribution is 2.44. The molecule has 1 aromatic rings. The Morgan fingerprint density at radius 1 is 1.61 bits per heavy atom. The van der Waals surface area contributed by atoms with Gasteiger partial charge in [-0.15, -0.1) is 11.8 Å². The lowest BCUT2D eigenvalue weighted by Gasteiger charge is -2.36. The van der Waals surface area contributed by atoms with Crippen molar-refractivity contribution >= 4 is 29.7 Å². The van der Waals surface area contributed by atoms with E-state index < -0.39 is 5.97 Å². The molecule has 0 radical (unpaired) electrons. The smallest absolute Gasteiger partial charge is 0.353 e. The van der Waals surface area contributed by atoms with Crippen LogP contribution >= 0.6 is 11.8 Å². The molecule has 0 spiro atoms. The number of aryl methyl sites for hydroxylation is 1. The number of thioether (sulfide) groups is 1. The number of β-lactam (4-membered cyclic amide) rings is 1. The van der Waals surface area contributed by atoms with Gasteiger partial charge in [0.25, 0.3) is 5.91 Å². The largest absolute Gasteiger partial charge is 0.477 e. The molecule has 2 aliphatic rings. The molecule has 3 rings (SSSR count). The normalized spacial score (nSPS) is 23.9. The van der Waals surface area contributed by atoms with Crippen LogP contribution in [-0.4, -0.2) is 42.0 Å². The molecule has 1 aromatic heterocycles. The highest BCUT2D eigenvalue weighted by molar-refractivity contribution is 8.03. The number of hydrogen-bond donors (Lipinski definition) is 1. The Kier molecular flexibility index (Phi) is 2.27. The van der Waals surface area contributed by atoms with Crippen LogP contribution in [0.25, 0.3) is 6.08 Å². The van der Waals surface area contributed by atoms with E-state index in [1.165, 1.54) is 33.1 Å². The van der Waals surface area contributed by atoms with Crippen molar-refractivity contribution in [3.05, 3.63) is 28.8 Å². The number of aromatic nitrogens is 3. The van der Waals surface area contributed by atoms with E-state index >= 15 is 0 Å². The van der Waals surface area contributed by atoms with E-state index in [4.69, 9.17) is 5.11 Å². The van der Waals surface area contributed by atoms with E-state index in [0.29, 0.717) is 11.4 Å². The van der Waals surface area contributed by atoms with Crippen molar-refractivity contribution in [1.29, 1.82) is 0 Å². The molecule has 0 saturated carbocycles. The van der Waals surface area contributed by atoms with Crippen LogP contribution in [0.4, 0.5) is 0 Å². The number of fused-ring (bicyclic) bond motifs is 1. The van der Waals surface area contributed by atoms with Gasteiger partial charge in [0.2, 0.25) is 0 Å². The molecule has 1 N–H and O–H groups in total. The standard InChI is InChI=1S/C10H8N4O3S/c1-13-4-11-7(12-13)2-5-8(15)14-6(10(16)17)3-18-9(5)14/h2-4,9H,1H3,(H,16,17)/b5-2-/t9-/m0/s1. The van der Waals surface area contributed by atoms with Crippen LogP contribution in [0.15, 0.2) is 23.0 Å². The van der Waals surface area contributed by atoms with Gasteiger partial charge in [-0.25, -0.2) is 9.78 Å². The highest BCUT2D eigenvalue weighted by atomic mass is 32.2. The van der Waals surface area contributed by atoms with Crippen LogP contribution in [0.3, 0.4) is 0 Å². The number of carbonyl (C=O) groups is 2. The first-order valence-corrected chi connectivity index (χ1v) is 6.02. The molecule has 0 bridgehead atoms. The molecule has 0 aliphatic carbocycles. The van der Waals surface area contributed by atoms with Crippen LogP contribution in [0.1, 0.15) is 5.82 Å². The predicted molar refractivity (Wildman–Crippen MR) is 62.9 cm³/mol. The van der Waals surface area contributed by atoms with Gasteiger partial charge in [-0.3, -0.25) is 14.4 Å². The minimum atomic E-state index is -1.09. The summed E-state index contributed by atoms with van der Waals surface area (Å²) in [4.78, 5) is 28.0. The van der Waals surface area contributed by atoms with Crippen molar-refractivity contribution in [3.8, 4) is 0 Å². The van der Waals surface area contributed by atoms with Gasteiger partial charge in [0.1, 0.15) is 17.4 Å². The van der Waals surface area contributed by atoms with Gasteiger partial charge in [-0.05, 0) is 6.08 Å². The number of rotatable bonds is 2. The van der Waals surface area contributed by atoms with E-state index in [1.807, 2.05) is 0 Å². The molecular formula is C10H8N4O3S. The average molecular weight is 264 g/mol. The van der Waals surface area contributed by atoms with Crippen LogP contribution in [-0.2, 0) is 16.6 Å². The molecule has 3 heterocycles. The van der Waals surface area contributed by atoms with Gasteiger partial charge in [0, 0.05) is 12.5 Å². The van der Waals surface area contributed by atoms with Crippen molar-refractivity contribution in [3.63, 3.8) is 0 Å². The third-order valence-corrected chi connectivity index (χ3v) is 3.74. The summed E-state index contributed by atoms with van der Waals surface area (Å²) in [5.41, 5.74) is 0.555. The number of nitrogens with zero attached hydrogens (tertiary/aromatic N) is 4. The molecule has 1 atom stereocenters. The fourth-order valence-electron chi connectivity index (χ4n) is 1.83. The zero-order valence-electron chi connectivity index (χ0n) is 9.27. The van der Waals surface area contributed by atoms with E-state index in [0.717, 1.165) is 0 Å². The molecule has 0 unspecified atom stereocenters. The Morgan fingerprint density at radius 3 is 3.00 bits per heavy atom. The first-order valence-electron chi connectivity index (χ1n) is 5.07. The molecule has 1 saturated heterocycles. The van der Waals surface area contributed by atoms with E-state index in [1.54, 1.807) is 13.1 Å². The van der Waals surface area contributed by atoms with Gasteiger partial charge < -0.3 is 5.11 Å².